The van der Waals surface area contributed by atoms with Gasteiger partial charge in [0.15, 0.2) is 0 Å². The van der Waals surface area contributed by atoms with E-state index in [0.29, 0.717) is 5.69 Å². The summed E-state index contributed by atoms with van der Waals surface area (Å²) in [6, 6.07) is 12.4. The van der Waals surface area contributed by atoms with Crippen LogP contribution in [0.3, 0.4) is 0 Å². The van der Waals surface area contributed by atoms with Crippen LogP contribution < -0.4 is 4.72 Å². The van der Waals surface area contributed by atoms with Crippen LogP contribution in [0.15, 0.2) is 51.8 Å². The third kappa shape index (κ3) is 3.22. The average molecular weight is 354 g/mol. The molecule has 0 saturated heterocycles. The average Bonchev–Trinajstić information content (AvgIpc) is 2.42. The maximum absolute atomic E-state index is 12.4. The summed E-state index contributed by atoms with van der Waals surface area (Å²) in [7, 11) is -3.56. The van der Waals surface area contributed by atoms with E-state index in [2.05, 4.69) is 20.7 Å². The van der Waals surface area contributed by atoms with Crippen LogP contribution >= 0.6 is 15.9 Å². The van der Waals surface area contributed by atoms with Crippen LogP contribution in [0.5, 0.6) is 0 Å². The van der Waals surface area contributed by atoms with Crippen molar-refractivity contribution in [3.8, 4) is 0 Å². The van der Waals surface area contributed by atoms with Crippen LogP contribution in [0.25, 0.3) is 0 Å². The Bertz CT molecular complexity index is 726. The van der Waals surface area contributed by atoms with E-state index >= 15 is 0 Å². The molecule has 0 amide bonds. The Balaban J connectivity index is 2.38. The Hall–Kier alpha value is -1.33. The molecule has 5 heteroatoms. The van der Waals surface area contributed by atoms with Crippen LogP contribution in [0.1, 0.15) is 18.1 Å². The van der Waals surface area contributed by atoms with Gasteiger partial charge in [-0.05, 0) is 48.7 Å². The lowest BCUT2D eigenvalue weighted by Gasteiger charge is -2.12. The number of para-hydroxylation sites is 1. The van der Waals surface area contributed by atoms with E-state index in [1.54, 1.807) is 24.3 Å². The molecule has 0 unspecified atom stereocenters. The molecule has 0 saturated carbocycles. The molecule has 2 aromatic carbocycles. The fraction of sp³-hybridized carbons (Fsp3) is 0.200. The normalized spacial score (nSPS) is 11.3. The Labute approximate surface area is 128 Å². The van der Waals surface area contributed by atoms with Crippen molar-refractivity contribution in [3.05, 3.63) is 58.1 Å². The molecular weight excluding hydrogens is 338 g/mol. The molecule has 20 heavy (non-hydrogen) atoms. The lowest BCUT2D eigenvalue weighted by atomic mass is 10.1. The first-order valence-corrected chi connectivity index (χ1v) is 8.58. The maximum Gasteiger partial charge on any atom is 0.261 e. The highest BCUT2D eigenvalue weighted by molar-refractivity contribution is 9.10. The second-order valence-electron chi connectivity index (χ2n) is 4.53. The van der Waals surface area contributed by atoms with E-state index < -0.39 is 10.0 Å². The van der Waals surface area contributed by atoms with Crippen LogP contribution in [-0.4, -0.2) is 8.42 Å². The summed E-state index contributed by atoms with van der Waals surface area (Å²) in [5.74, 6) is 0. The summed E-state index contributed by atoms with van der Waals surface area (Å²) in [5.41, 5.74) is 2.50. The number of anilines is 1. The third-order valence-corrected chi connectivity index (χ3v) is 5.34. The minimum Gasteiger partial charge on any atom is -0.279 e. The van der Waals surface area contributed by atoms with Crippen LogP contribution in [0.4, 0.5) is 5.69 Å². The molecule has 2 aromatic rings. The summed E-state index contributed by atoms with van der Waals surface area (Å²) in [5, 5.41) is 0. The smallest absolute Gasteiger partial charge is 0.261 e. The Morgan fingerprint density at radius 1 is 1.15 bits per heavy atom. The quantitative estimate of drug-likeness (QED) is 0.898. The first-order valence-electron chi connectivity index (χ1n) is 6.31. The molecule has 0 radical (unpaired) electrons. The molecule has 0 bridgehead atoms. The highest BCUT2D eigenvalue weighted by atomic mass is 79.9. The molecule has 0 atom stereocenters. The number of hydrogen-bond donors (Lipinski definition) is 1. The van der Waals surface area contributed by atoms with Crippen LogP contribution in [-0.2, 0) is 16.4 Å². The van der Waals surface area contributed by atoms with Gasteiger partial charge in [-0.3, -0.25) is 4.72 Å². The number of benzene rings is 2. The topological polar surface area (TPSA) is 46.2 Å². The summed E-state index contributed by atoms with van der Waals surface area (Å²) in [4.78, 5) is 0.268. The SMILES string of the molecule is CCc1ccccc1NS(=O)(=O)c1ccc(Br)c(C)c1. The highest BCUT2D eigenvalue weighted by Gasteiger charge is 2.16. The lowest BCUT2D eigenvalue weighted by Crippen LogP contribution is -2.14. The minimum absolute atomic E-state index is 0.268. The van der Waals surface area contributed by atoms with Gasteiger partial charge in [0.25, 0.3) is 10.0 Å². The maximum atomic E-state index is 12.4. The van der Waals surface area contributed by atoms with Gasteiger partial charge in [0, 0.05) is 4.47 Å². The Morgan fingerprint density at radius 3 is 2.50 bits per heavy atom. The Morgan fingerprint density at radius 2 is 1.85 bits per heavy atom. The molecule has 0 heterocycles. The largest absolute Gasteiger partial charge is 0.279 e. The summed E-state index contributed by atoms with van der Waals surface area (Å²) in [6.07, 6.45) is 0.776. The van der Waals surface area contributed by atoms with Crippen LogP contribution in [0, 0.1) is 6.92 Å². The molecular formula is C15H16BrNO2S. The second-order valence-corrected chi connectivity index (χ2v) is 7.06. The van der Waals surface area contributed by atoms with E-state index in [4.69, 9.17) is 0 Å². The fourth-order valence-electron chi connectivity index (χ4n) is 1.92. The number of aryl methyl sites for hydroxylation is 2. The molecule has 2 rings (SSSR count). The molecule has 0 aromatic heterocycles. The highest BCUT2D eigenvalue weighted by Crippen LogP contribution is 2.23. The van der Waals surface area contributed by atoms with Crippen molar-refractivity contribution in [2.24, 2.45) is 0 Å². The molecule has 0 aliphatic carbocycles. The minimum atomic E-state index is -3.56. The van der Waals surface area contributed by atoms with Gasteiger partial charge in [0.1, 0.15) is 0 Å². The predicted molar refractivity (Wildman–Crippen MR) is 85.5 cm³/mol. The van der Waals surface area contributed by atoms with Gasteiger partial charge in [0.2, 0.25) is 0 Å². The molecule has 0 fully saturated rings. The van der Waals surface area contributed by atoms with Crippen LogP contribution in [0.2, 0.25) is 0 Å². The van der Waals surface area contributed by atoms with Crippen molar-refractivity contribution >= 4 is 31.6 Å². The van der Waals surface area contributed by atoms with Gasteiger partial charge in [-0.25, -0.2) is 8.42 Å². The van der Waals surface area contributed by atoms with Crippen molar-refractivity contribution < 1.29 is 8.42 Å². The Kier molecular flexibility index (Phi) is 4.50. The van der Waals surface area contributed by atoms with E-state index in [1.807, 2.05) is 32.0 Å². The zero-order chi connectivity index (χ0) is 14.8. The number of hydrogen-bond acceptors (Lipinski definition) is 2. The van der Waals surface area contributed by atoms with E-state index in [9.17, 15) is 8.42 Å². The summed E-state index contributed by atoms with van der Waals surface area (Å²) in [6.45, 7) is 3.86. The van der Waals surface area contributed by atoms with Crippen molar-refractivity contribution in [1.29, 1.82) is 0 Å². The van der Waals surface area contributed by atoms with E-state index in [0.717, 1.165) is 22.0 Å². The van der Waals surface area contributed by atoms with Gasteiger partial charge in [-0.1, -0.05) is 41.1 Å². The van der Waals surface area contributed by atoms with Gasteiger partial charge in [-0.15, -0.1) is 0 Å². The molecule has 1 N–H and O–H groups in total. The predicted octanol–water partition coefficient (Wildman–Crippen LogP) is 4.12. The van der Waals surface area contributed by atoms with Gasteiger partial charge < -0.3 is 0 Å². The first kappa shape index (κ1) is 15.1. The number of rotatable bonds is 4. The summed E-state index contributed by atoms with van der Waals surface area (Å²) >= 11 is 3.37. The first-order chi connectivity index (χ1) is 9.44. The van der Waals surface area contributed by atoms with Crippen molar-refractivity contribution in [2.75, 3.05) is 4.72 Å². The van der Waals surface area contributed by atoms with E-state index in [1.165, 1.54) is 0 Å². The van der Waals surface area contributed by atoms with Gasteiger partial charge in [-0.2, -0.15) is 0 Å². The summed E-state index contributed by atoms with van der Waals surface area (Å²) < 4.78 is 28.4. The molecule has 0 aliphatic heterocycles. The van der Waals surface area contributed by atoms with Gasteiger partial charge >= 0.3 is 0 Å². The monoisotopic (exact) mass is 353 g/mol. The lowest BCUT2D eigenvalue weighted by molar-refractivity contribution is 0.601. The standard InChI is InChI=1S/C15H16BrNO2S/c1-3-12-6-4-5-7-15(12)17-20(18,19)13-8-9-14(16)11(2)10-13/h4-10,17H,3H2,1-2H3. The molecule has 106 valence electrons. The van der Waals surface area contributed by atoms with Gasteiger partial charge in [0.05, 0.1) is 10.6 Å². The molecule has 0 spiro atoms. The van der Waals surface area contributed by atoms with E-state index in [-0.39, 0.29) is 4.90 Å². The number of halogens is 1. The van der Waals surface area contributed by atoms with Crippen molar-refractivity contribution in [3.63, 3.8) is 0 Å². The zero-order valence-corrected chi connectivity index (χ0v) is 13.8. The number of nitrogens with one attached hydrogen (secondary N) is 1. The fourth-order valence-corrected chi connectivity index (χ4v) is 3.35. The van der Waals surface area contributed by atoms with Crippen molar-refractivity contribution in [1.82, 2.24) is 0 Å². The second kappa shape index (κ2) is 5.97. The molecule has 3 nitrogen and oxygen atoms in total. The molecule has 0 aliphatic rings. The number of sulfonamides is 1. The third-order valence-electron chi connectivity index (χ3n) is 3.08. The van der Waals surface area contributed by atoms with Crippen molar-refractivity contribution in [2.45, 2.75) is 25.2 Å². The zero-order valence-electron chi connectivity index (χ0n) is 11.4.